The number of hydrogen-bond acceptors (Lipinski definition) is 6. The molecule has 0 saturated carbocycles. The zero-order chi connectivity index (χ0) is 16.4. The number of hydrogen-bond donors (Lipinski definition) is 0. The van der Waals surface area contributed by atoms with Gasteiger partial charge in [-0.1, -0.05) is 0 Å². The van der Waals surface area contributed by atoms with Crippen LogP contribution in [0.4, 0.5) is 19.0 Å². The Bertz CT molecular complexity index is 680. The van der Waals surface area contributed by atoms with Gasteiger partial charge in [-0.3, -0.25) is 4.79 Å². The number of alkyl halides is 3. The van der Waals surface area contributed by atoms with E-state index in [1.165, 1.54) is 4.90 Å². The fourth-order valence-corrected chi connectivity index (χ4v) is 2.35. The second-order valence-corrected chi connectivity index (χ2v) is 4.89. The van der Waals surface area contributed by atoms with Crippen molar-refractivity contribution in [3.05, 3.63) is 36.2 Å². The predicted molar refractivity (Wildman–Crippen MR) is 71.7 cm³/mol. The molecule has 2 aromatic heterocycles. The summed E-state index contributed by atoms with van der Waals surface area (Å²) >= 11 is 0. The fraction of sp³-hybridized carbons (Fsp3) is 0.385. The van der Waals surface area contributed by atoms with Crippen molar-refractivity contribution in [2.75, 3.05) is 31.1 Å². The highest BCUT2D eigenvalue weighted by Crippen LogP contribution is 2.32. The van der Waals surface area contributed by atoms with Gasteiger partial charge in [0.1, 0.15) is 0 Å². The number of oxazole rings is 1. The molecule has 3 heterocycles. The number of aromatic nitrogens is 3. The van der Waals surface area contributed by atoms with E-state index in [9.17, 15) is 18.0 Å². The second-order valence-electron chi connectivity index (χ2n) is 4.89. The van der Waals surface area contributed by atoms with Crippen LogP contribution >= 0.6 is 0 Å². The van der Waals surface area contributed by atoms with Crippen LogP contribution in [0.1, 0.15) is 16.2 Å². The Kier molecular flexibility index (Phi) is 3.89. The molecule has 0 unspecified atom stereocenters. The van der Waals surface area contributed by atoms with E-state index in [1.807, 2.05) is 4.90 Å². The lowest BCUT2D eigenvalue weighted by molar-refractivity contribution is -0.153. The van der Waals surface area contributed by atoms with Crippen LogP contribution in [0.25, 0.3) is 0 Å². The highest BCUT2D eigenvalue weighted by atomic mass is 19.4. The summed E-state index contributed by atoms with van der Waals surface area (Å²) in [7, 11) is 0. The van der Waals surface area contributed by atoms with E-state index in [0.29, 0.717) is 25.3 Å². The molecule has 7 nitrogen and oxygen atoms in total. The van der Waals surface area contributed by atoms with E-state index in [-0.39, 0.29) is 13.1 Å². The van der Waals surface area contributed by atoms with Gasteiger partial charge in [0.2, 0.25) is 5.76 Å². The largest absolute Gasteiger partial charge is 0.452 e. The molecule has 1 aliphatic rings. The van der Waals surface area contributed by atoms with E-state index < -0.39 is 23.5 Å². The molecule has 0 bridgehead atoms. The van der Waals surface area contributed by atoms with Gasteiger partial charge in [0.25, 0.3) is 5.91 Å². The first-order chi connectivity index (χ1) is 11.0. The summed E-state index contributed by atoms with van der Waals surface area (Å²) in [6.45, 7) is 1.42. The summed E-state index contributed by atoms with van der Waals surface area (Å²) in [5, 5.41) is 7.74. The molecule has 1 fully saturated rings. The van der Waals surface area contributed by atoms with Crippen LogP contribution in [0.15, 0.2) is 29.1 Å². The van der Waals surface area contributed by atoms with Crippen LogP contribution < -0.4 is 4.90 Å². The van der Waals surface area contributed by atoms with Gasteiger partial charge in [-0.25, -0.2) is 4.98 Å². The van der Waals surface area contributed by atoms with Gasteiger partial charge in [0.05, 0.1) is 0 Å². The van der Waals surface area contributed by atoms with Gasteiger partial charge in [-0.15, -0.1) is 5.10 Å². The molecule has 0 aliphatic carbocycles. The molecular formula is C13H12F3N5O2. The molecule has 2 aromatic rings. The van der Waals surface area contributed by atoms with Gasteiger partial charge in [0.15, 0.2) is 17.9 Å². The lowest BCUT2D eigenvalue weighted by Gasteiger charge is -2.34. The summed E-state index contributed by atoms with van der Waals surface area (Å²) in [5.41, 5.74) is -0.703. The van der Waals surface area contributed by atoms with E-state index >= 15 is 0 Å². The summed E-state index contributed by atoms with van der Waals surface area (Å²) in [4.78, 5) is 18.9. The summed E-state index contributed by atoms with van der Waals surface area (Å²) in [5.74, 6) is -1.49. The van der Waals surface area contributed by atoms with Gasteiger partial charge in [-0.2, -0.15) is 18.3 Å². The van der Waals surface area contributed by atoms with Crippen molar-refractivity contribution in [1.82, 2.24) is 20.1 Å². The Morgan fingerprint density at radius 3 is 2.57 bits per heavy atom. The lowest BCUT2D eigenvalue weighted by atomic mass is 10.2. The summed E-state index contributed by atoms with van der Waals surface area (Å²) in [6.07, 6.45) is -2.57. The van der Waals surface area contributed by atoms with Gasteiger partial charge in [-0.05, 0) is 12.1 Å². The first-order valence-corrected chi connectivity index (χ1v) is 6.79. The number of carbonyl (C=O) groups is 1. The molecule has 10 heteroatoms. The third-order valence-electron chi connectivity index (χ3n) is 3.48. The fourth-order valence-electron chi connectivity index (χ4n) is 2.35. The number of anilines is 1. The minimum absolute atomic E-state index is 0.263. The zero-order valence-electron chi connectivity index (χ0n) is 11.8. The monoisotopic (exact) mass is 327 g/mol. The van der Waals surface area contributed by atoms with Gasteiger partial charge in [0, 0.05) is 32.4 Å². The van der Waals surface area contributed by atoms with Gasteiger partial charge >= 0.3 is 6.18 Å². The van der Waals surface area contributed by atoms with Crippen molar-refractivity contribution in [2.45, 2.75) is 6.18 Å². The van der Waals surface area contributed by atoms with Crippen LogP contribution in [0.5, 0.6) is 0 Å². The SMILES string of the molecule is O=C(c1ncoc1C(F)(F)F)N1CCN(c2cccnn2)CC1. The lowest BCUT2D eigenvalue weighted by Crippen LogP contribution is -2.49. The van der Waals surface area contributed by atoms with Crippen molar-refractivity contribution in [3.8, 4) is 0 Å². The van der Waals surface area contributed by atoms with Crippen molar-refractivity contribution < 1.29 is 22.4 Å². The maximum atomic E-state index is 12.8. The standard InChI is InChI=1S/C13H12F3N5O2/c14-13(15,16)11-10(17-8-23-11)12(22)21-6-4-20(5-7-21)9-2-1-3-18-19-9/h1-3,8H,4-7H2. The molecule has 0 aromatic carbocycles. The smallest absolute Gasteiger partial charge is 0.438 e. The Balaban J connectivity index is 1.69. The highest BCUT2D eigenvalue weighted by molar-refractivity contribution is 5.93. The van der Waals surface area contributed by atoms with Crippen LogP contribution in [-0.2, 0) is 6.18 Å². The third kappa shape index (κ3) is 3.10. The molecule has 1 saturated heterocycles. The Labute approximate surface area is 128 Å². The molecule has 122 valence electrons. The first-order valence-electron chi connectivity index (χ1n) is 6.79. The second kappa shape index (κ2) is 5.86. The van der Waals surface area contributed by atoms with Gasteiger partial charge < -0.3 is 14.2 Å². The molecular weight excluding hydrogens is 315 g/mol. The van der Waals surface area contributed by atoms with Crippen LogP contribution in [0.3, 0.4) is 0 Å². The Hall–Kier alpha value is -2.65. The normalized spacial score (nSPS) is 15.8. The first kappa shape index (κ1) is 15.3. The van der Waals surface area contributed by atoms with Crippen molar-refractivity contribution >= 4 is 11.7 Å². The molecule has 0 N–H and O–H groups in total. The topological polar surface area (TPSA) is 75.4 Å². The summed E-state index contributed by atoms with van der Waals surface area (Å²) < 4.78 is 42.6. The average Bonchev–Trinajstić information content (AvgIpc) is 3.05. The molecule has 0 spiro atoms. The average molecular weight is 327 g/mol. The zero-order valence-corrected chi connectivity index (χ0v) is 11.8. The maximum Gasteiger partial charge on any atom is 0.452 e. The molecule has 1 aliphatic heterocycles. The van der Waals surface area contributed by atoms with Crippen molar-refractivity contribution in [1.29, 1.82) is 0 Å². The highest BCUT2D eigenvalue weighted by Gasteiger charge is 2.41. The number of carbonyl (C=O) groups excluding carboxylic acids is 1. The molecule has 1 amide bonds. The molecule has 3 rings (SSSR count). The number of nitrogens with zero attached hydrogens (tertiary/aromatic N) is 5. The van der Waals surface area contributed by atoms with E-state index in [2.05, 4.69) is 19.6 Å². The number of amides is 1. The van der Waals surface area contributed by atoms with Crippen LogP contribution in [0, 0.1) is 0 Å². The van der Waals surface area contributed by atoms with Crippen LogP contribution in [0.2, 0.25) is 0 Å². The number of rotatable bonds is 2. The third-order valence-corrected chi connectivity index (χ3v) is 3.48. The molecule has 0 atom stereocenters. The number of piperazine rings is 1. The maximum absolute atomic E-state index is 12.8. The molecule has 23 heavy (non-hydrogen) atoms. The van der Waals surface area contributed by atoms with E-state index in [0.717, 1.165) is 0 Å². The van der Waals surface area contributed by atoms with Crippen molar-refractivity contribution in [3.63, 3.8) is 0 Å². The minimum atomic E-state index is -4.75. The quantitative estimate of drug-likeness (QED) is 0.831. The van der Waals surface area contributed by atoms with Crippen LogP contribution in [-0.4, -0.2) is 52.2 Å². The Morgan fingerprint density at radius 2 is 1.96 bits per heavy atom. The molecule has 0 radical (unpaired) electrons. The van der Waals surface area contributed by atoms with E-state index in [4.69, 9.17) is 0 Å². The Morgan fingerprint density at radius 1 is 1.22 bits per heavy atom. The minimum Gasteiger partial charge on any atom is -0.438 e. The van der Waals surface area contributed by atoms with Crippen molar-refractivity contribution in [2.24, 2.45) is 0 Å². The number of halogens is 3. The van der Waals surface area contributed by atoms with E-state index in [1.54, 1.807) is 18.3 Å². The summed E-state index contributed by atoms with van der Waals surface area (Å²) in [6, 6.07) is 3.52. The predicted octanol–water partition coefficient (Wildman–Crippen LogP) is 1.45.